The first kappa shape index (κ1) is 12.2. The van der Waals surface area contributed by atoms with Crippen LogP contribution in [-0.4, -0.2) is 28.0 Å². The van der Waals surface area contributed by atoms with E-state index in [0.717, 1.165) is 5.52 Å². The Hall–Kier alpha value is -2.30. The molecule has 1 heterocycles. The minimum Gasteiger partial charge on any atom is -0.508 e. The molecular formula is C13H13NO4. The summed E-state index contributed by atoms with van der Waals surface area (Å²) in [5.41, 5.74) is 1.01. The van der Waals surface area contributed by atoms with Crippen LogP contribution < -0.4 is 0 Å². The Morgan fingerprint density at radius 2 is 2.06 bits per heavy atom. The first-order valence-corrected chi connectivity index (χ1v) is 5.54. The van der Waals surface area contributed by atoms with E-state index >= 15 is 0 Å². The summed E-state index contributed by atoms with van der Waals surface area (Å²) in [6.45, 7) is 1.81. The number of Topliss-reactive ketones (excluding diaryl/α,β-unsaturated/α-hetero) is 1. The summed E-state index contributed by atoms with van der Waals surface area (Å²) in [6, 6.07) is 6.32. The lowest BCUT2D eigenvalue weighted by Gasteiger charge is -2.03. The molecule has 1 aromatic heterocycles. The van der Waals surface area contributed by atoms with E-state index in [1.807, 2.05) is 0 Å². The molecule has 2 aromatic rings. The SMILES string of the molecule is CCOC(=O)C(=O)c1cc2cc(O)ccc2n1C. The summed E-state index contributed by atoms with van der Waals surface area (Å²) in [7, 11) is 1.69. The van der Waals surface area contributed by atoms with E-state index < -0.39 is 11.8 Å². The van der Waals surface area contributed by atoms with E-state index in [1.165, 1.54) is 12.1 Å². The fraction of sp³-hybridized carbons (Fsp3) is 0.231. The zero-order valence-corrected chi connectivity index (χ0v) is 10.1. The maximum absolute atomic E-state index is 11.9. The van der Waals surface area contributed by atoms with Gasteiger partial charge in [-0.2, -0.15) is 0 Å². The smallest absolute Gasteiger partial charge is 0.381 e. The molecule has 1 N–H and O–H groups in total. The third-order valence-electron chi connectivity index (χ3n) is 2.72. The van der Waals surface area contributed by atoms with Gasteiger partial charge in [-0.25, -0.2) is 4.79 Å². The Bertz CT molecular complexity index is 627. The van der Waals surface area contributed by atoms with Crippen LogP contribution in [0.4, 0.5) is 0 Å². The van der Waals surface area contributed by atoms with E-state index in [1.54, 1.807) is 30.7 Å². The van der Waals surface area contributed by atoms with Crippen molar-refractivity contribution < 1.29 is 19.4 Å². The lowest BCUT2D eigenvalue weighted by atomic mass is 10.2. The quantitative estimate of drug-likeness (QED) is 0.508. The highest BCUT2D eigenvalue weighted by Crippen LogP contribution is 2.23. The maximum Gasteiger partial charge on any atom is 0.381 e. The molecule has 18 heavy (non-hydrogen) atoms. The second-order valence-electron chi connectivity index (χ2n) is 3.88. The van der Waals surface area contributed by atoms with Gasteiger partial charge in [-0.05, 0) is 31.2 Å². The second kappa shape index (κ2) is 4.52. The van der Waals surface area contributed by atoms with Crippen molar-refractivity contribution in [1.82, 2.24) is 4.57 Å². The van der Waals surface area contributed by atoms with Crippen molar-refractivity contribution in [1.29, 1.82) is 0 Å². The number of rotatable bonds is 3. The van der Waals surface area contributed by atoms with E-state index in [-0.39, 0.29) is 18.1 Å². The number of aromatic nitrogens is 1. The summed E-state index contributed by atoms with van der Waals surface area (Å²) < 4.78 is 6.29. The fourth-order valence-corrected chi connectivity index (χ4v) is 1.86. The van der Waals surface area contributed by atoms with Crippen molar-refractivity contribution in [2.24, 2.45) is 7.05 Å². The Balaban J connectivity index is 2.49. The number of aryl methyl sites for hydroxylation is 1. The molecule has 2 rings (SSSR count). The number of hydrogen-bond donors (Lipinski definition) is 1. The molecule has 0 saturated heterocycles. The highest BCUT2D eigenvalue weighted by atomic mass is 16.5. The molecule has 0 amide bonds. The van der Waals surface area contributed by atoms with Gasteiger partial charge in [-0.15, -0.1) is 0 Å². The second-order valence-corrected chi connectivity index (χ2v) is 3.88. The van der Waals surface area contributed by atoms with Crippen molar-refractivity contribution in [3.05, 3.63) is 30.0 Å². The van der Waals surface area contributed by atoms with Gasteiger partial charge >= 0.3 is 5.97 Å². The largest absolute Gasteiger partial charge is 0.508 e. The lowest BCUT2D eigenvalue weighted by Crippen LogP contribution is -2.19. The van der Waals surface area contributed by atoms with Crippen LogP contribution in [0.3, 0.4) is 0 Å². The summed E-state index contributed by atoms with van der Waals surface area (Å²) in [4.78, 5) is 23.3. The molecular weight excluding hydrogens is 234 g/mol. The van der Waals surface area contributed by atoms with Gasteiger partial charge in [0.05, 0.1) is 12.3 Å². The van der Waals surface area contributed by atoms with Gasteiger partial charge in [0.1, 0.15) is 5.75 Å². The number of benzene rings is 1. The number of esters is 1. The van der Waals surface area contributed by atoms with Crippen LogP contribution in [0.5, 0.6) is 5.75 Å². The van der Waals surface area contributed by atoms with Crippen LogP contribution in [0, 0.1) is 0 Å². The van der Waals surface area contributed by atoms with Crippen molar-refractivity contribution in [3.63, 3.8) is 0 Å². The summed E-state index contributed by atoms with van der Waals surface area (Å²) in [6.07, 6.45) is 0. The van der Waals surface area contributed by atoms with Gasteiger partial charge in [-0.1, -0.05) is 0 Å². The van der Waals surface area contributed by atoms with Crippen LogP contribution in [0.2, 0.25) is 0 Å². The monoisotopic (exact) mass is 247 g/mol. The minimum atomic E-state index is -0.868. The Morgan fingerprint density at radius 1 is 1.33 bits per heavy atom. The van der Waals surface area contributed by atoms with Gasteiger partial charge in [0.25, 0.3) is 5.78 Å². The Kier molecular flexibility index (Phi) is 3.06. The Labute approximate surface area is 104 Å². The molecule has 0 radical (unpaired) electrons. The van der Waals surface area contributed by atoms with Crippen LogP contribution in [0.25, 0.3) is 10.9 Å². The third-order valence-corrected chi connectivity index (χ3v) is 2.72. The van der Waals surface area contributed by atoms with E-state index in [4.69, 9.17) is 0 Å². The van der Waals surface area contributed by atoms with Gasteiger partial charge in [0.15, 0.2) is 0 Å². The number of phenols is 1. The molecule has 0 aliphatic heterocycles. The number of ether oxygens (including phenoxy) is 1. The van der Waals surface area contributed by atoms with Crippen LogP contribution >= 0.6 is 0 Å². The molecule has 0 aliphatic carbocycles. The highest BCUT2D eigenvalue weighted by molar-refractivity contribution is 6.40. The highest BCUT2D eigenvalue weighted by Gasteiger charge is 2.21. The predicted octanol–water partition coefficient (Wildman–Crippen LogP) is 1.63. The van der Waals surface area contributed by atoms with Crippen molar-refractivity contribution in [2.75, 3.05) is 6.61 Å². The van der Waals surface area contributed by atoms with Gasteiger partial charge in [0.2, 0.25) is 0 Å². The number of ketones is 1. The number of nitrogens with zero attached hydrogens (tertiary/aromatic N) is 1. The summed E-state index contributed by atoms with van der Waals surface area (Å²) >= 11 is 0. The number of phenolic OH excluding ortho intramolecular Hbond substituents is 1. The first-order valence-electron chi connectivity index (χ1n) is 5.54. The van der Waals surface area contributed by atoms with Crippen molar-refractivity contribution in [2.45, 2.75) is 6.92 Å². The molecule has 0 atom stereocenters. The molecule has 0 fully saturated rings. The van der Waals surface area contributed by atoms with Crippen molar-refractivity contribution in [3.8, 4) is 5.75 Å². The Morgan fingerprint density at radius 3 is 2.72 bits per heavy atom. The van der Waals surface area contributed by atoms with Gasteiger partial charge in [-0.3, -0.25) is 4.79 Å². The molecule has 5 nitrogen and oxygen atoms in total. The van der Waals surface area contributed by atoms with Crippen LogP contribution in [0.1, 0.15) is 17.4 Å². The topological polar surface area (TPSA) is 68.5 Å². The molecule has 0 spiro atoms. The summed E-state index contributed by atoms with van der Waals surface area (Å²) in [5.74, 6) is -1.44. The molecule has 0 aliphatic rings. The number of hydrogen-bond acceptors (Lipinski definition) is 4. The van der Waals surface area contributed by atoms with Crippen LogP contribution in [-0.2, 0) is 16.6 Å². The molecule has 1 aromatic carbocycles. The average Bonchev–Trinajstić information content (AvgIpc) is 2.65. The third kappa shape index (κ3) is 1.95. The first-order chi connectivity index (χ1) is 8.54. The number of carbonyl (C=O) groups excluding carboxylic acids is 2. The number of carbonyl (C=O) groups is 2. The van der Waals surface area contributed by atoms with Gasteiger partial charge < -0.3 is 14.4 Å². The number of fused-ring (bicyclic) bond motifs is 1. The fourth-order valence-electron chi connectivity index (χ4n) is 1.86. The normalized spacial score (nSPS) is 10.6. The minimum absolute atomic E-state index is 0.114. The van der Waals surface area contributed by atoms with Crippen LogP contribution in [0.15, 0.2) is 24.3 Å². The molecule has 0 bridgehead atoms. The summed E-state index contributed by atoms with van der Waals surface area (Å²) in [5, 5.41) is 10.1. The maximum atomic E-state index is 11.9. The van der Waals surface area contributed by atoms with E-state index in [0.29, 0.717) is 5.39 Å². The molecule has 0 unspecified atom stereocenters. The molecule has 94 valence electrons. The van der Waals surface area contributed by atoms with Crippen molar-refractivity contribution >= 4 is 22.7 Å². The van der Waals surface area contributed by atoms with Gasteiger partial charge in [0, 0.05) is 18.0 Å². The zero-order chi connectivity index (χ0) is 13.3. The lowest BCUT2D eigenvalue weighted by molar-refractivity contribution is -0.137. The number of aromatic hydroxyl groups is 1. The molecule has 5 heteroatoms. The average molecular weight is 247 g/mol. The van der Waals surface area contributed by atoms with E-state index in [2.05, 4.69) is 4.74 Å². The standard InChI is InChI=1S/C13H13NO4/c1-3-18-13(17)12(16)11-7-8-6-9(15)4-5-10(8)14(11)2/h4-7,15H,3H2,1-2H3. The molecule has 0 saturated carbocycles. The zero-order valence-electron chi connectivity index (χ0n) is 10.1. The predicted molar refractivity (Wildman–Crippen MR) is 65.5 cm³/mol. The van der Waals surface area contributed by atoms with E-state index in [9.17, 15) is 14.7 Å².